The number of amides is 1. The molecule has 4 aromatic rings. The summed E-state index contributed by atoms with van der Waals surface area (Å²) in [5, 5.41) is 5.92. The lowest BCUT2D eigenvalue weighted by Gasteiger charge is -2.10. The highest BCUT2D eigenvalue weighted by Gasteiger charge is 2.12. The van der Waals surface area contributed by atoms with Crippen LogP contribution in [-0.4, -0.2) is 25.1 Å². The number of methoxy groups -OCH3 is 2. The number of hydrogen-bond acceptors (Lipinski definition) is 5. The summed E-state index contributed by atoms with van der Waals surface area (Å²) in [5.74, 6) is 0.876. The van der Waals surface area contributed by atoms with Gasteiger partial charge < -0.3 is 14.8 Å². The minimum atomic E-state index is -0.243. The first-order chi connectivity index (χ1) is 14.7. The lowest BCUT2D eigenvalue weighted by molar-refractivity contribution is 0.102. The van der Waals surface area contributed by atoms with E-state index in [1.807, 2.05) is 60.0 Å². The number of aromatic nitrogens is 1. The van der Waals surface area contributed by atoms with E-state index < -0.39 is 0 Å². The number of nitrogens with one attached hydrogen (secondary N) is 1. The summed E-state index contributed by atoms with van der Waals surface area (Å²) in [5.41, 5.74) is 4.04. The van der Waals surface area contributed by atoms with Crippen molar-refractivity contribution in [1.82, 2.24) is 4.98 Å². The number of nitrogens with zero attached hydrogens (tertiary/aromatic N) is 1. The Balaban J connectivity index is 1.56. The van der Waals surface area contributed by atoms with Gasteiger partial charge in [0.05, 0.1) is 19.9 Å². The van der Waals surface area contributed by atoms with E-state index in [2.05, 4.69) is 5.32 Å². The molecule has 0 radical (unpaired) electrons. The second-order valence-corrected chi connectivity index (χ2v) is 7.40. The van der Waals surface area contributed by atoms with Crippen molar-refractivity contribution < 1.29 is 14.3 Å². The van der Waals surface area contributed by atoms with Crippen LogP contribution in [0, 0.1) is 0 Å². The second-order valence-electron chi connectivity index (χ2n) is 6.54. The highest BCUT2D eigenvalue weighted by atomic mass is 32.1. The topological polar surface area (TPSA) is 60.5 Å². The minimum Gasteiger partial charge on any atom is -0.497 e. The van der Waals surface area contributed by atoms with Gasteiger partial charge in [-0.1, -0.05) is 42.5 Å². The Morgan fingerprint density at radius 2 is 1.57 bits per heavy atom. The fourth-order valence-electron chi connectivity index (χ4n) is 3.02. The van der Waals surface area contributed by atoms with Crippen molar-refractivity contribution in [2.45, 2.75) is 0 Å². The van der Waals surface area contributed by atoms with Crippen LogP contribution in [0.1, 0.15) is 10.4 Å². The molecule has 4 rings (SSSR count). The van der Waals surface area contributed by atoms with Gasteiger partial charge in [-0.05, 0) is 24.3 Å². The Morgan fingerprint density at radius 3 is 2.27 bits per heavy atom. The third-order valence-corrected chi connectivity index (χ3v) is 5.45. The van der Waals surface area contributed by atoms with Crippen LogP contribution in [0.4, 0.5) is 5.69 Å². The van der Waals surface area contributed by atoms with Gasteiger partial charge in [0.25, 0.3) is 5.91 Å². The summed E-state index contributed by atoms with van der Waals surface area (Å²) in [6, 6.07) is 22.8. The molecule has 1 N–H and O–H groups in total. The van der Waals surface area contributed by atoms with Crippen molar-refractivity contribution >= 4 is 22.9 Å². The molecule has 0 saturated carbocycles. The Bertz CT molecular complexity index is 1150. The molecule has 0 aliphatic carbocycles. The molecule has 150 valence electrons. The van der Waals surface area contributed by atoms with Crippen LogP contribution < -0.4 is 14.8 Å². The molecular formula is C24H20N2O3S. The molecule has 0 aliphatic rings. The van der Waals surface area contributed by atoms with Crippen molar-refractivity contribution in [3.05, 3.63) is 83.7 Å². The Kier molecular flexibility index (Phi) is 5.77. The summed E-state index contributed by atoms with van der Waals surface area (Å²) in [7, 11) is 3.11. The number of anilines is 1. The third kappa shape index (κ3) is 4.34. The van der Waals surface area contributed by atoms with Crippen molar-refractivity contribution in [3.63, 3.8) is 0 Å². The molecule has 0 unspecified atom stereocenters. The molecular weight excluding hydrogens is 396 g/mol. The molecule has 0 bridgehead atoms. The van der Waals surface area contributed by atoms with Crippen molar-refractivity contribution in [2.75, 3.05) is 19.5 Å². The van der Waals surface area contributed by atoms with Crippen LogP contribution in [0.3, 0.4) is 0 Å². The molecule has 0 aliphatic heterocycles. The molecule has 0 saturated heterocycles. The molecule has 1 amide bonds. The van der Waals surface area contributed by atoms with E-state index in [1.165, 1.54) is 0 Å². The quantitative estimate of drug-likeness (QED) is 0.435. The zero-order valence-corrected chi connectivity index (χ0v) is 17.4. The van der Waals surface area contributed by atoms with E-state index in [4.69, 9.17) is 14.5 Å². The third-order valence-electron chi connectivity index (χ3n) is 4.55. The van der Waals surface area contributed by atoms with Crippen LogP contribution in [-0.2, 0) is 0 Å². The molecule has 6 heteroatoms. The zero-order valence-electron chi connectivity index (χ0n) is 16.6. The Hall–Kier alpha value is -3.64. The molecule has 30 heavy (non-hydrogen) atoms. The lowest BCUT2D eigenvalue weighted by atomic mass is 10.1. The van der Waals surface area contributed by atoms with Gasteiger partial charge in [-0.25, -0.2) is 4.98 Å². The Labute approximate surface area is 178 Å². The van der Waals surface area contributed by atoms with E-state index in [9.17, 15) is 4.79 Å². The van der Waals surface area contributed by atoms with E-state index in [0.29, 0.717) is 22.7 Å². The predicted molar refractivity (Wildman–Crippen MR) is 120 cm³/mol. The highest BCUT2D eigenvalue weighted by molar-refractivity contribution is 7.13. The van der Waals surface area contributed by atoms with Gasteiger partial charge in [-0.2, -0.15) is 0 Å². The maximum Gasteiger partial charge on any atom is 0.255 e. The van der Waals surface area contributed by atoms with Crippen LogP contribution in [0.15, 0.2) is 78.2 Å². The number of carbonyl (C=O) groups is 1. The van der Waals surface area contributed by atoms with Gasteiger partial charge in [0.1, 0.15) is 16.5 Å². The average Bonchev–Trinajstić information content (AvgIpc) is 3.30. The van der Waals surface area contributed by atoms with Crippen LogP contribution in [0.5, 0.6) is 11.5 Å². The number of thiazole rings is 1. The largest absolute Gasteiger partial charge is 0.497 e. The highest BCUT2D eigenvalue weighted by Crippen LogP contribution is 2.30. The van der Waals surface area contributed by atoms with Gasteiger partial charge in [-0.15, -0.1) is 11.3 Å². The van der Waals surface area contributed by atoms with Gasteiger partial charge in [0, 0.05) is 33.8 Å². The molecule has 1 aromatic heterocycles. The van der Waals surface area contributed by atoms with Crippen LogP contribution in [0.25, 0.3) is 21.8 Å². The van der Waals surface area contributed by atoms with Crippen LogP contribution in [0.2, 0.25) is 0 Å². The number of carbonyl (C=O) groups excluding carboxylic acids is 1. The molecule has 0 fully saturated rings. The fraction of sp³-hybridized carbons (Fsp3) is 0.0833. The lowest BCUT2D eigenvalue weighted by Crippen LogP contribution is -2.12. The minimum absolute atomic E-state index is 0.243. The van der Waals surface area contributed by atoms with Gasteiger partial charge in [-0.3, -0.25) is 4.79 Å². The molecule has 3 aromatic carbocycles. The summed E-state index contributed by atoms with van der Waals surface area (Å²) in [4.78, 5) is 17.5. The van der Waals surface area contributed by atoms with Gasteiger partial charge in [0.2, 0.25) is 0 Å². The number of ether oxygens (including phenoxy) is 2. The van der Waals surface area contributed by atoms with Crippen LogP contribution >= 0.6 is 11.3 Å². The SMILES string of the molecule is COc1cc(OC)cc(C(=O)Nc2cccc(-c3csc(-c4ccccc4)n3)c2)c1. The Morgan fingerprint density at radius 1 is 0.867 bits per heavy atom. The molecule has 0 atom stereocenters. The maximum atomic E-state index is 12.8. The summed E-state index contributed by atoms with van der Waals surface area (Å²) < 4.78 is 10.5. The maximum absolute atomic E-state index is 12.8. The molecule has 1 heterocycles. The first kappa shape index (κ1) is 19.7. The number of hydrogen-bond donors (Lipinski definition) is 1. The predicted octanol–water partition coefficient (Wildman–Crippen LogP) is 5.75. The van der Waals surface area contributed by atoms with E-state index >= 15 is 0 Å². The molecule has 5 nitrogen and oxygen atoms in total. The van der Waals surface area contributed by atoms with Gasteiger partial charge >= 0.3 is 0 Å². The van der Waals surface area contributed by atoms with E-state index in [1.54, 1.807) is 43.8 Å². The first-order valence-electron chi connectivity index (χ1n) is 9.32. The number of rotatable bonds is 6. The standard InChI is InChI=1S/C24H20N2O3S/c1-28-20-12-18(13-21(14-20)29-2)23(27)25-19-10-6-9-17(11-19)22-15-30-24(26-22)16-7-4-3-5-8-16/h3-15H,1-2H3,(H,25,27). The summed E-state index contributed by atoms with van der Waals surface area (Å²) >= 11 is 1.60. The van der Waals surface area contributed by atoms with E-state index in [0.717, 1.165) is 21.8 Å². The summed E-state index contributed by atoms with van der Waals surface area (Å²) in [6.45, 7) is 0. The van der Waals surface area contributed by atoms with Crippen molar-refractivity contribution in [2.24, 2.45) is 0 Å². The first-order valence-corrected chi connectivity index (χ1v) is 10.2. The fourth-order valence-corrected chi connectivity index (χ4v) is 3.85. The normalized spacial score (nSPS) is 10.5. The summed E-state index contributed by atoms with van der Waals surface area (Å²) in [6.07, 6.45) is 0. The average molecular weight is 417 g/mol. The second kappa shape index (κ2) is 8.80. The van der Waals surface area contributed by atoms with Crippen molar-refractivity contribution in [1.29, 1.82) is 0 Å². The van der Waals surface area contributed by atoms with Crippen molar-refractivity contribution in [3.8, 4) is 33.3 Å². The monoisotopic (exact) mass is 416 g/mol. The van der Waals surface area contributed by atoms with Gasteiger partial charge in [0.15, 0.2) is 0 Å². The number of benzene rings is 3. The van der Waals surface area contributed by atoms with E-state index in [-0.39, 0.29) is 5.91 Å². The smallest absolute Gasteiger partial charge is 0.255 e. The molecule has 0 spiro atoms. The zero-order chi connectivity index (χ0) is 20.9.